The molecule has 21 heavy (non-hydrogen) atoms. The van der Waals surface area contributed by atoms with E-state index in [0.29, 0.717) is 11.3 Å². The summed E-state index contributed by atoms with van der Waals surface area (Å²) in [6, 6.07) is 12.1. The van der Waals surface area contributed by atoms with Crippen molar-refractivity contribution in [2.75, 3.05) is 0 Å². The number of rotatable bonds is 4. The van der Waals surface area contributed by atoms with Gasteiger partial charge in [-0.2, -0.15) is 5.26 Å². The van der Waals surface area contributed by atoms with Gasteiger partial charge in [-0.3, -0.25) is 0 Å². The summed E-state index contributed by atoms with van der Waals surface area (Å²) in [5.41, 5.74) is 8.20. The predicted molar refractivity (Wildman–Crippen MR) is 79.2 cm³/mol. The van der Waals surface area contributed by atoms with Crippen LogP contribution in [-0.4, -0.2) is 0 Å². The van der Waals surface area contributed by atoms with Gasteiger partial charge in [-0.05, 0) is 31.5 Å². The van der Waals surface area contributed by atoms with E-state index in [-0.39, 0.29) is 18.2 Å². The third kappa shape index (κ3) is 3.39. The second-order valence-corrected chi connectivity index (χ2v) is 5.01. The van der Waals surface area contributed by atoms with Crippen LogP contribution in [0.1, 0.15) is 35.2 Å². The van der Waals surface area contributed by atoms with Gasteiger partial charge in [0.2, 0.25) is 0 Å². The molecule has 0 unspecified atom stereocenters. The molecule has 3 nitrogen and oxygen atoms in total. The van der Waals surface area contributed by atoms with Gasteiger partial charge in [0.05, 0.1) is 5.56 Å². The molecule has 0 aromatic heterocycles. The molecule has 0 radical (unpaired) electrons. The van der Waals surface area contributed by atoms with E-state index >= 15 is 0 Å². The van der Waals surface area contributed by atoms with Crippen molar-refractivity contribution in [3.63, 3.8) is 0 Å². The lowest BCUT2D eigenvalue weighted by Gasteiger charge is -2.15. The number of nitrogens with zero attached hydrogens (tertiary/aromatic N) is 1. The molecule has 108 valence electrons. The summed E-state index contributed by atoms with van der Waals surface area (Å²) in [4.78, 5) is 0. The maximum atomic E-state index is 14.0. The minimum Gasteiger partial charge on any atom is -0.488 e. The first kappa shape index (κ1) is 15.0. The van der Waals surface area contributed by atoms with Crippen LogP contribution in [-0.2, 0) is 6.61 Å². The molecular weight excluding hydrogens is 267 g/mol. The van der Waals surface area contributed by atoms with E-state index in [1.165, 1.54) is 6.07 Å². The lowest BCUT2D eigenvalue weighted by atomic mass is 10.1. The fraction of sp³-hybridized carbons (Fsp3) is 0.235. The number of nitriles is 1. The molecular formula is C17H17FN2O. The van der Waals surface area contributed by atoms with E-state index in [9.17, 15) is 4.39 Å². The first-order valence-electron chi connectivity index (χ1n) is 6.69. The first-order chi connectivity index (χ1) is 10.0. The second kappa shape index (κ2) is 6.38. The second-order valence-electron chi connectivity index (χ2n) is 5.01. The third-order valence-electron chi connectivity index (χ3n) is 3.24. The summed E-state index contributed by atoms with van der Waals surface area (Å²) in [6.07, 6.45) is 0. The summed E-state index contributed by atoms with van der Waals surface area (Å²) in [6.45, 7) is 3.88. The number of aryl methyl sites for hydroxylation is 1. The van der Waals surface area contributed by atoms with Gasteiger partial charge in [0.25, 0.3) is 0 Å². The minimum absolute atomic E-state index is 0.0211. The Bertz CT molecular complexity index is 690. The molecule has 0 heterocycles. The molecule has 0 aliphatic rings. The number of hydrogen-bond donors (Lipinski definition) is 1. The minimum atomic E-state index is -0.532. The molecule has 0 fully saturated rings. The molecule has 0 aliphatic carbocycles. The van der Waals surface area contributed by atoms with Crippen LogP contribution >= 0.6 is 0 Å². The Kier molecular flexibility index (Phi) is 4.56. The van der Waals surface area contributed by atoms with Crippen LogP contribution in [0.5, 0.6) is 5.75 Å². The van der Waals surface area contributed by atoms with Crippen LogP contribution in [0.4, 0.5) is 4.39 Å². The predicted octanol–water partition coefficient (Wildman–Crippen LogP) is 3.60. The molecule has 0 spiro atoms. The fourth-order valence-electron chi connectivity index (χ4n) is 2.08. The Morgan fingerprint density at radius 1 is 1.33 bits per heavy atom. The van der Waals surface area contributed by atoms with E-state index in [0.717, 1.165) is 11.1 Å². The normalized spacial score (nSPS) is 11.8. The third-order valence-corrected chi connectivity index (χ3v) is 3.24. The Morgan fingerprint density at radius 3 is 2.76 bits per heavy atom. The highest BCUT2D eigenvalue weighted by atomic mass is 19.1. The highest BCUT2D eigenvalue weighted by molar-refractivity contribution is 5.40. The first-order valence-corrected chi connectivity index (χ1v) is 6.69. The van der Waals surface area contributed by atoms with Gasteiger partial charge in [-0.1, -0.05) is 24.3 Å². The quantitative estimate of drug-likeness (QED) is 0.933. The zero-order valence-electron chi connectivity index (χ0n) is 12.1. The Hall–Kier alpha value is -2.38. The summed E-state index contributed by atoms with van der Waals surface area (Å²) in [5.74, 6) is 0.113. The van der Waals surface area contributed by atoms with E-state index in [1.54, 1.807) is 12.1 Å². The van der Waals surface area contributed by atoms with Crippen LogP contribution in [0, 0.1) is 24.1 Å². The summed E-state index contributed by atoms with van der Waals surface area (Å²) < 4.78 is 19.7. The van der Waals surface area contributed by atoms with Gasteiger partial charge in [-0.25, -0.2) is 4.39 Å². The molecule has 0 saturated heterocycles. The molecule has 2 rings (SSSR count). The molecule has 4 heteroatoms. The maximum absolute atomic E-state index is 14.0. The van der Waals surface area contributed by atoms with Crippen molar-refractivity contribution in [1.82, 2.24) is 0 Å². The average Bonchev–Trinajstić information content (AvgIpc) is 2.46. The van der Waals surface area contributed by atoms with Crippen LogP contribution in [0.2, 0.25) is 0 Å². The molecule has 2 N–H and O–H groups in total. The molecule has 0 amide bonds. The topological polar surface area (TPSA) is 59.0 Å². The smallest absolute Gasteiger partial charge is 0.147 e. The largest absolute Gasteiger partial charge is 0.488 e. The van der Waals surface area contributed by atoms with Crippen molar-refractivity contribution in [3.8, 4) is 11.8 Å². The summed E-state index contributed by atoms with van der Waals surface area (Å²) >= 11 is 0. The molecule has 2 aromatic rings. The molecule has 0 bridgehead atoms. The zero-order valence-corrected chi connectivity index (χ0v) is 12.1. The Balaban J connectivity index is 2.25. The highest BCUT2D eigenvalue weighted by Gasteiger charge is 2.11. The molecule has 0 aliphatic heterocycles. The average molecular weight is 284 g/mol. The SMILES string of the molecule is Cc1ccc([C@@H](C)N)c(OCc2cccc(C#N)c2F)c1. The van der Waals surface area contributed by atoms with Crippen molar-refractivity contribution in [2.45, 2.75) is 26.5 Å². The number of hydrogen-bond acceptors (Lipinski definition) is 3. The van der Waals surface area contributed by atoms with Crippen LogP contribution in [0.25, 0.3) is 0 Å². The van der Waals surface area contributed by atoms with Crippen molar-refractivity contribution in [2.24, 2.45) is 5.73 Å². The van der Waals surface area contributed by atoms with E-state index in [4.69, 9.17) is 15.7 Å². The van der Waals surface area contributed by atoms with Crippen LogP contribution < -0.4 is 10.5 Å². The highest BCUT2D eigenvalue weighted by Crippen LogP contribution is 2.26. The number of nitrogens with two attached hydrogens (primary N) is 1. The van der Waals surface area contributed by atoms with Crippen LogP contribution in [0.3, 0.4) is 0 Å². The zero-order chi connectivity index (χ0) is 15.4. The standard InChI is InChI=1S/C17H17FN2O/c1-11-6-7-15(12(2)20)16(8-11)21-10-14-5-3-4-13(9-19)17(14)18/h3-8,12H,10,20H2,1-2H3/t12-/m1/s1. The number of halogens is 1. The fourth-order valence-corrected chi connectivity index (χ4v) is 2.08. The monoisotopic (exact) mass is 284 g/mol. The van der Waals surface area contributed by atoms with Gasteiger partial charge < -0.3 is 10.5 Å². The van der Waals surface area contributed by atoms with Crippen LogP contribution in [0.15, 0.2) is 36.4 Å². The van der Waals surface area contributed by atoms with E-state index < -0.39 is 5.82 Å². The lowest BCUT2D eigenvalue weighted by Crippen LogP contribution is -2.09. The van der Waals surface area contributed by atoms with Gasteiger partial charge in [-0.15, -0.1) is 0 Å². The molecule has 1 atom stereocenters. The number of benzene rings is 2. The number of ether oxygens (including phenoxy) is 1. The molecule has 0 saturated carbocycles. The van der Waals surface area contributed by atoms with Gasteiger partial charge >= 0.3 is 0 Å². The van der Waals surface area contributed by atoms with Crippen molar-refractivity contribution < 1.29 is 9.13 Å². The maximum Gasteiger partial charge on any atom is 0.147 e. The van der Waals surface area contributed by atoms with E-state index in [2.05, 4.69) is 0 Å². The summed E-state index contributed by atoms with van der Waals surface area (Å²) in [5, 5.41) is 8.83. The van der Waals surface area contributed by atoms with Crippen molar-refractivity contribution in [3.05, 3.63) is 64.5 Å². The summed E-state index contributed by atoms with van der Waals surface area (Å²) in [7, 11) is 0. The lowest BCUT2D eigenvalue weighted by molar-refractivity contribution is 0.295. The van der Waals surface area contributed by atoms with E-state index in [1.807, 2.05) is 38.1 Å². The molecule has 2 aromatic carbocycles. The van der Waals surface area contributed by atoms with Gasteiger partial charge in [0.1, 0.15) is 24.2 Å². The Morgan fingerprint density at radius 2 is 2.10 bits per heavy atom. The van der Waals surface area contributed by atoms with Crippen molar-refractivity contribution in [1.29, 1.82) is 5.26 Å². The Labute approximate surface area is 123 Å². The van der Waals surface area contributed by atoms with Crippen molar-refractivity contribution >= 4 is 0 Å². The van der Waals surface area contributed by atoms with Gasteiger partial charge in [0, 0.05) is 17.2 Å². The van der Waals surface area contributed by atoms with Gasteiger partial charge in [0.15, 0.2) is 0 Å².